The Morgan fingerprint density at radius 2 is 1.68 bits per heavy atom. The maximum atomic E-state index is 12.5. The smallest absolute Gasteiger partial charge is 0.251 e. The molecular weight excluding hydrogens is 314 g/mol. The molecule has 6 heteroatoms. The van der Waals surface area contributed by atoms with Gasteiger partial charge in [-0.2, -0.15) is 0 Å². The van der Waals surface area contributed by atoms with Gasteiger partial charge in [0.15, 0.2) is 11.5 Å². The van der Waals surface area contributed by atoms with Gasteiger partial charge in [0, 0.05) is 29.8 Å². The molecule has 0 aliphatic carbocycles. The number of benzene rings is 1. The number of carbonyl (C=O) groups is 1. The minimum atomic E-state index is -0.256. The van der Waals surface area contributed by atoms with E-state index in [1.165, 1.54) is 0 Å². The number of aromatic nitrogens is 4. The molecular formula is C19H17N5O. The molecule has 3 aromatic heterocycles. The van der Waals surface area contributed by atoms with Crippen molar-refractivity contribution in [3.63, 3.8) is 0 Å². The molecule has 1 atom stereocenters. The number of fused-ring (bicyclic) bond motifs is 1. The van der Waals surface area contributed by atoms with E-state index in [-0.39, 0.29) is 11.9 Å². The molecule has 3 heterocycles. The van der Waals surface area contributed by atoms with Crippen LogP contribution in [0.1, 0.15) is 29.1 Å². The van der Waals surface area contributed by atoms with Crippen molar-refractivity contribution in [2.45, 2.75) is 13.0 Å². The predicted molar refractivity (Wildman–Crippen MR) is 94.6 cm³/mol. The summed E-state index contributed by atoms with van der Waals surface area (Å²) in [5.41, 5.74) is 2.38. The van der Waals surface area contributed by atoms with Gasteiger partial charge in [0.05, 0.1) is 6.04 Å². The average molecular weight is 331 g/mol. The summed E-state index contributed by atoms with van der Waals surface area (Å²) in [6.07, 6.45) is 5.82. The highest BCUT2D eigenvalue weighted by molar-refractivity contribution is 5.94. The summed E-state index contributed by atoms with van der Waals surface area (Å²) in [6.45, 7) is 1.90. The number of carbonyl (C=O) groups excluding carboxylic acids is 1. The minimum absolute atomic E-state index is 0.140. The summed E-state index contributed by atoms with van der Waals surface area (Å²) in [5, 5.41) is 11.3. The first-order chi connectivity index (χ1) is 12.2. The average Bonchev–Trinajstić information content (AvgIpc) is 3.31. The van der Waals surface area contributed by atoms with Gasteiger partial charge in [-0.15, -0.1) is 10.2 Å². The van der Waals surface area contributed by atoms with Crippen LogP contribution in [0.2, 0.25) is 0 Å². The zero-order chi connectivity index (χ0) is 17.2. The second kappa shape index (κ2) is 6.24. The van der Waals surface area contributed by atoms with Crippen molar-refractivity contribution in [3.05, 3.63) is 84.6 Å². The van der Waals surface area contributed by atoms with Gasteiger partial charge in [-0.25, -0.2) is 0 Å². The van der Waals surface area contributed by atoms with E-state index in [0.29, 0.717) is 11.4 Å². The van der Waals surface area contributed by atoms with E-state index >= 15 is 0 Å². The van der Waals surface area contributed by atoms with Crippen molar-refractivity contribution in [2.75, 3.05) is 0 Å². The fraction of sp³-hybridized carbons (Fsp3) is 0.105. The number of rotatable bonds is 4. The minimum Gasteiger partial charge on any atom is -0.342 e. The Kier molecular flexibility index (Phi) is 3.78. The van der Waals surface area contributed by atoms with E-state index in [9.17, 15) is 4.79 Å². The van der Waals surface area contributed by atoms with Crippen LogP contribution in [0.5, 0.6) is 0 Å². The molecule has 0 unspecified atom stereocenters. The summed E-state index contributed by atoms with van der Waals surface area (Å²) in [4.78, 5) is 12.5. The van der Waals surface area contributed by atoms with Gasteiger partial charge in [-0.3, -0.25) is 9.20 Å². The molecule has 0 bridgehead atoms. The molecule has 4 rings (SSSR count). The van der Waals surface area contributed by atoms with Crippen LogP contribution in [0.15, 0.2) is 73.2 Å². The quantitative estimate of drug-likeness (QED) is 0.625. The monoisotopic (exact) mass is 331 g/mol. The number of hydrogen-bond acceptors (Lipinski definition) is 3. The third-order valence-corrected chi connectivity index (χ3v) is 4.11. The van der Waals surface area contributed by atoms with Gasteiger partial charge in [-0.05, 0) is 55.5 Å². The molecule has 0 saturated carbocycles. The summed E-state index contributed by atoms with van der Waals surface area (Å²) >= 11 is 0. The van der Waals surface area contributed by atoms with E-state index in [1.54, 1.807) is 0 Å². The highest BCUT2D eigenvalue weighted by Crippen LogP contribution is 2.14. The van der Waals surface area contributed by atoms with Crippen LogP contribution in [0.25, 0.3) is 11.3 Å². The second-order valence-corrected chi connectivity index (χ2v) is 5.82. The lowest BCUT2D eigenvalue weighted by Crippen LogP contribution is -2.28. The summed E-state index contributed by atoms with van der Waals surface area (Å²) in [5.74, 6) is 0.562. The summed E-state index contributed by atoms with van der Waals surface area (Å²) in [6, 6.07) is 16.9. The van der Waals surface area contributed by atoms with Gasteiger partial charge in [0.25, 0.3) is 5.91 Å². The van der Waals surface area contributed by atoms with Crippen LogP contribution < -0.4 is 5.32 Å². The molecule has 0 spiro atoms. The molecule has 4 aromatic rings. The Bertz CT molecular complexity index is 1000. The first kappa shape index (κ1) is 15.1. The van der Waals surface area contributed by atoms with Gasteiger partial charge >= 0.3 is 0 Å². The molecule has 1 aromatic carbocycles. The largest absolute Gasteiger partial charge is 0.342 e. The van der Waals surface area contributed by atoms with E-state index < -0.39 is 0 Å². The van der Waals surface area contributed by atoms with Crippen LogP contribution in [-0.2, 0) is 0 Å². The molecule has 0 saturated heterocycles. The third kappa shape index (κ3) is 2.89. The Hall–Kier alpha value is -3.41. The van der Waals surface area contributed by atoms with Crippen LogP contribution >= 0.6 is 0 Å². The van der Waals surface area contributed by atoms with E-state index in [4.69, 9.17) is 0 Å². The first-order valence-electron chi connectivity index (χ1n) is 8.06. The lowest BCUT2D eigenvalue weighted by atomic mass is 10.1. The van der Waals surface area contributed by atoms with Crippen LogP contribution in [0, 0.1) is 0 Å². The highest BCUT2D eigenvalue weighted by atomic mass is 16.1. The SMILES string of the molecule is C[C@H](NC(=O)c1ccc(-n2cccc2)cc1)c1nnc2ccccn12. The molecule has 6 nitrogen and oxygen atoms in total. The van der Waals surface area contributed by atoms with Crippen LogP contribution in [0.4, 0.5) is 0 Å². The number of nitrogens with one attached hydrogen (secondary N) is 1. The molecule has 0 aliphatic rings. The van der Waals surface area contributed by atoms with Crippen molar-refractivity contribution in [2.24, 2.45) is 0 Å². The molecule has 1 N–H and O–H groups in total. The lowest BCUT2D eigenvalue weighted by molar-refractivity contribution is 0.0938. The van der Waals surface area contributed by atoms with Gasteiger partial charge < -0.3 is 9.88 Å². The fourth-order valence-electron chi connectivity index (χ4n) is 2.79. The van der Waals surface area contributed by atoms with Crippen LogP contribution in [0.3, 0.4) is 0 Å². The normalized spacial score (nSPS) is 12.2. The van der Waals surface area contributed by atoms with E-state index in [0.717, 1.165) is 11.3 Å². The van der Waals surface area contributed by atoms with Crippen molar-refractivity contribution in [1.82, 2.24) is 24.5 Å². The van der Waals surface area contributed by atoms with Gasteiger partial charge in [-0.1, -0.05) is 6.07 Å². The second-order valence-electron chi connectivity index (χ2n) is 5.82. The first-order valence-corrected chi connectivity index (χ1v) is 8.06. The van der Waals surface area contributed by atoms with Gasteiger partial charge in [0.1, 0.15) is 0 Å². The topological polar surface area (TPSA) is 64.2 Å². The Labute approximate surface area is 144 Å². The Morgan fingerprint density at radius 1 is 0.960 bits per heavy atom. The summed E-state index contributed by atoms with van der Waals surface area (Å²) in [7, 11) is 0. The van der Waals surface area contributed by atoms with E-state index in [1.807, 2.05) is 89.1 Å². The molecule has 25 heavy (non-hydrogen) atoms. The Balaban J connectivity index is 1.51. The molecule has 0 radical (unpaired) electrons. The van der Waals surface area contributed by atoms with Crippen molar-refractivity contribution < 1.29 is 4.79 Å². The number of nitrogens with zero attached hydrogens (tertiary/aromatic N) is 4. The lowest BCUT2D eigenvalue weighted by Gasteiger charge is -2.13. The standard InChI is InChI=1S/C19H17N5O/c1-14(18-22-21-17-6-2-3-13-24(17)18)20-19(25)15-7-9-16(10-8-15)23-11-4-5-12-23/h2-14H,1H3,(H,20,25)/t14-/m0/s1. The fourth-order valence-corrected chi connectivity index (χ4v) is 2.79. The van der Waals surface area contributed by atoms with Crippen molar-refractivity contribution in [3.8, 4) is 5.69 Å². The summed E-state index contributed by atoms with van der Waals surface area (Å²) < 4.78 is 3.87. The number of pyridine rings is 1. The van der Waals surface area contributed by atoms with E-state index in [2.05, 4.69) is 15.5 Å². The highest BCUT2D eigenvalue weighted by Gasteiger charge is 2.16. The molecule has 1 amide bonds. The maximum Gasteiger partial charge on any atom is 0.251 e. The molecule has 124 valence electrons. The van der Waals surface area contributed by atoms with Gasteiger partial charge in [0.2, 0.25) is 0 Å². The van der Waals surface area contributed by atoms with Crippen molar-refractivity contribution in [1.29, 1.82) is 0 Å². The predicted octanol–water partition coefficient (Wildman–Crippen LogP) is 3.01. The van der Waals surface area contributed by atoms with Crippen molar-refractivity contribution >= 4 is 11.6 Å². The molecule has 0 aliphatic heterocycles. The zero-order valence-electron chi connectivity index (χ0n) is 13.7. The number of hydrogen-bond donors (Lipinski definition) is 1. The Morgan fingerprint density at radius 3 is 2.44 bits per heavy atom. The maximum absolute atomic E-state index is 12.5. The van der Waals surface area contributed by atoms with Crippen LogP contribution in [-0.4, -0.2) is 25.1 Å². The number of amides is 1. The zero-order valence-corrected chi connectivity index (χ0v) is 13.7. The third-order valence-electron chi connectivity index (χ3n) is 4.11. The molecule has 0 fully saturated rings.